The van der Waals surface area contributed by atoms with Gasteiger partial charge in [-0.1, -0.05) is 243 Å². The maximum absolute atomic E-state index is 10.9. The number of nitrogen functional groups attached to an aromatic ring is 4. The zero-order valence-electron chi connectivity index (χ0n) is 61.4. The predicted octanol–water partition coefficient (Wildman–Crippen LogP) is 20.3. The molecule has 26 heteroatoms. The molecule has 587 valence electrons. The summed E-state index contributed by atoms with van der Waals surface area (Å²) < 4.78 is 6.10. The van der Waals surface area contributed by atoms with Crippen molar-refractivity contribution in [3.8, 4) is 22.5 Å². The van der Waals surface area contributed by atoms with Crippen LogP contribution < -0.4 is 58.5 Å². The Labute approximate surface area is 706 Å². The van der Waals surface area contributed by atoms with E-state index in [2.05, 4.69) is 275 Å². The van der Waals surface area contributed by atoms with Crippen molar-refractivity contribution in [2.45, 2.75) is 94.4 Å². The van der Waals surface area contributed by atoms with Gasteiger partial charge in [-0.2, -0.15) is 6.92 Å². The molecule has 0 unspecified atom stereocenters. The van der Waals surface area contributed by atoms with E-state index in [1.165, 1.54) is 108 Å². The topological polar surface area (TPSA) is 288 Å². The summed E-state index contributed by atoms with van der Waals surface area (Å²) in [6.07, 6.45) is 17.9. The van der Waals surface area contributed by atoms with Crippen LogP contribution in [0.1, 0.15) is 81.1 Å². The molecular formula is C84H103Cl3IN12O5P2PdSnV-. The molecule has 0 spiro atoms. The number of benzene rings is 6. The first-order chi connectivity index (χ1) is 52.2. The van der Waals surface area contributed by atoms with Crippen molar-refractivity contribution in [1.82, 2.24) is 29.9 Å². The number of nitrogens with two attached hydrogens (primary N) is 4. The van der Waals surface area contributed by atoms with Crippen LogP contribution in [0.2, 0.25) is 18.3 Å². The number of pyridine rings is 6. The maximum Gasteiger partial charge on any atom is 0 e. The molecule has 0 atom stereocenters. The van der Waals surface area contributed by atoms with Crippen LogP contribution in [0, 0.1) is 27.2 Å². The first kappa shape index (κ1) is 103. The van der Waals surface area contributed by atoms with E-state index in [1.807, 2.05) is 29.3 Å². The van der Waals surface area contributed by atoms with Crippen LogP contribution in [0.5, 0.6) is 0 Å². The second kappa shape index (κ2) is 62.2. The Bertz CT molecular complexity index is 3970. The molecule has 17 nitrogen and oxygen atoms in total. The standard InChI is InChI=1S/2C18H15P.C10H8N4O2.C10H10N4.C5H4ClN3O2.C5H4N.3C4H9.C2H5.CH3I.CH4O.2CH4.2ClH.Pd.Sn.V/c2*1-4-10-16(11-5-1)19(17-12-6-2-7-13-17)18-14-8-3-9-15-18;11-10-9(14(15)16)7(4-6-13-10)8-3-1-2-5-12-8;11-9-7(4-6-14-10(9)12)8-3-1-2-5-13-8;6-3-1-2-8-5(7)4(3)9(10)11;1-2-4-6-5-3-1;3*1-3-4-2;3*1-2;;;;;;;/h2*1-15H;1-6H,(H2,11,13);1-6H,11H2,(H2,12,14);1-2H,(H2,7,8);1-4H;3*1,3-4H2,2H3;1H2,2H3;1H3;2H,1H3;2*1H4;2*1H;;;/q;;;;;;;;;-1;;;;;;;+2;;/p-2. The first-order valence-corrected chi connectivity index (χ1v) is 50.9. The zero-order valence-corrected chi connectivity index (χ0v) is 73.4. The molecule has 0 bridgehead atoms. The van der Waals surface area contributed by atoms with Crippen LogP contribution in [-0.4, -0.2) is 75.3 Å². The van der Waals surface area contributed by atoms with Gasteiger partial charge in [0.25, 0.3) is 0 Å². The number of alkyl halides is 1. The van der Waals surface area contributed by atoms with Gasteiger partial charge in [0.15, 0.2) is 0 Å². The van der Waals surface area contributed by atoms with Crippen molar-refractivity contribution in [3.63, 3.8) is 0 Å². The summed E-state index contributed by atoms with van der Waals surface area (Å²) in [7, 11) is 9.74. The number of aromatic nitrogens is 6. The normalized spacial score (nSPS) is 9.73. The molecule has 1 radical (unpaired) electrons. The van der Waals surface area contributed by atoms with E-state index in [0.29, 0.717) is 22.8 Å². The van der Waals surface area contributed by atoms with Gasteiger partial charge in [-0.15, -0.1) is 0 Å². The number of hydrogen-bond acceptors (Lipinski definition) is 15. The van der Waals surface area contributed by atoms with Gasteiger partial charge in [0, 0.05) is 62.2 Å². The summed E-state index contributed by atoms with van der Waals surface area (Å²) in [5.41, 5.74) is 24.5. The molecule has 0 amide bonds. The fourth-order valence-corrected chi connectivity index (χ4v) is 30.9. The smallest absolute Gasteiger partial charge is 0 e. The Hall–Kier alpha value is -7.31. The number of halogens is 4. The van der Waals surface area contributed by atoms with Gasteiger partial charge in [-0.05, 0) is 95.1 Å². The van der Waals surface area contributed by atoms with Crippen molar-refractivity contribution in [3.05, 3.63) is 324 Å². The van der Waals surface area contributed by atoms with Crippen LogP contribution in [0.3, 0.4) is 0 Å². The number of aliphatic hydroxyl groups is 1. The molecule has 110 heavy (non-hydrogen) atoms. The predicted molar refractivity (Wildman–Crippen MR) is 478 cm³/mol. The van der Waals surface area contributed by atoms with Crippen LogP contribution in [0.4, 0.5) is 34.5 Å². The van der Waals surface area contributed by atoms with E-state index in [1.54, 1.807) is 53.5 Å². The number of aliphatic hydroxyl groups excluding tert-OH is 1. The summed E-state index contributed by atoms with van der Waals surface area (Å²) in [5, 5.41) is 36.5. The van der Waals surface area contributed by atoms with E-state index in [9.17, 15) is 20.2 Å². The molecule has 12 rings (SSSR count). The van der Waals surface area contributed by atoms with Crippen LogP contribution in [0.15, 0.2) is 292 Å². The maximum atomic E-state index is 10.9. The molecule has 9 N–H and O–H groups in total. The fraction of sp³-hybridized carbons (Fsp3) is 0.202. The van der Waals surface area contributed by atoms with Gasteiger partial charge < -0.3 is 35.0 Å². The zero-order chi connectivity index (χ0) is 78.5. The number of hydrogen-bond donors (Lipinski definition) is 5. The molecule has 0 saturated carbocycles. The Morgan fingerprint density at radius 2 is 0.691 bits per heavy atom. The van der Waals surface area contributed by atoms with E-state index in [0.717, 1.165) is 18.4 Å². The minimum Gasteiger partial charge on any atom is -0.0622 e. The molecule has 0 aliphatic heterocycles. The van der Waals surface area contributed by atoms with E-state index >= 15 is 0 Å². The third-order valence-corrected chi connectivity index (χ3v) is 35.8. The summed E-state index contributed by atoms with van der Waals surface area (Å²) in [6.45, 7) is 12.0. The molecule has 0 fully saturated rings. The molecule has 6 aromatic carbocycles. The third-order valence-electron chi connectivity index (χ3n) is 15.4. The quantitative estimate of drug-likeness (QED) is 0.00902. The monoisotopic (exact) mass is 1930 g/mol. The molecule has 0 saturated heterocycles. The van der Waals surface area contributed by atoms with Gasteiger partial charge in [0.2, 0.25) is 11.6 Å². The van der Waals surface area contributed by atoms with Crippen LogP contribution in [0.25, 0.3) is 22.5 Å². The number of nitrogens with zero attached hydrogens (tertiary/aromatic N) is 8. The van der Waals surface area contributed by atoms with Crippen molar-refractivity contribution in [2.24, 2.45) is 0 Å². The largest absolute Gasteiger partial charge is 0.0622 e. The minimum absolute atomic E-state index is 0. The van der Waals surface area contributed by atoms with Crippen LogP contribution in [-0.2, 0) is 34.5 Å². The molecule has 12 aromatic rings. The van der Waals surface area contributed by atoms with Crippen molar-refractivity contribution >= 4 is 158 Å². The summed E-state index contributed by atoms with van der Waals surface area (Å²) in [5.74, 6) is 0.0730. The number of nitro groups is 2. The van der Waals surface area contributed by atoms with Gasteiger partial charge in [0.05, 0.1) is 32.5 Å². The van der Waals surface area contributed by atoms with E-state index in [4.69, 9.17) is 63.7 Å². The Kier molecular flexibility index (Phi) is 58.1. The van der Waals surface area contributed by atoms with Crippen molar-refractivity contribution < 1.29 is 49.4 Å². The second-order valence-corrected chi connectivity index (χ2v) is 42.5. The summed E-state index contributed by atoms with van der Waals surface area (Å²) in [6, 6.07) is 86.7. The van der Waals surface area contributed by atoms with Gasteiger partial charge in [0.1, 0.15) is 10.8 Å². The number of anilines is 4. The van der Waals surface area contributed by atoms with Crippen molar-refractivity contribution in [1.29, 1.82) is 0 Å². The molecule has 6 aromatic heterocycles. The Morgan fingerprint density at radius 1 is 0.418 bits per heavy atom. The third kappa shape index (κ3) is 35.6. The number of unbranched alkanes of at least 4 members (excludes halogenated alkanes) is 3. The van der Waals surface area contributed by atoms with E-state index < -0.39 is 44.1 Å². The van der Waals surface area contributed by atoms with E-state index in [-0.39, 0.29) is 77.4 Å². The average molecular weight is 1930 g/mol. The van der Waals surface area contributed by atoms with Crippen LogP contribution >= 0.6 is 69.1 Å². The number of rotatable bonds is 20. The fourth-order valence-electron chi connectivity index (χ4n) is 10.6. The molecular weight excluding hydrogens is 1830 g/mol. The minimum atomic E-state index is -2.21. The molecule has 0 aliphatic carbocycles. The average Bonchev–Trinajstić information content (AvgIpc) is 0.839. The van der Waals surface area contributed by atoms with Crippen molar-refractivity contribution in [2.75, 3.05) is 35.0 Å². The Morgan fingerprint density at radius 3 is 0.964 bits per heavy atom. The SMILES string of the molecule is C.C.CCC[CH2][Sn]([CH2]CCC)([CH2]CCC)[c]1ccccn1.CI.CO.Nc1nccc(-c2ccccn2)c1N.Nc1nccc(-c2ccccn2)c1[N+](=O)[O-].Nc1nccc(Cl)c1[N+](=O)[O-].[CH2-]C.[Cl][Pd][Cl].[V].c1ccc(P(c2ccccc2)c2ccccc2)cc1.c1ccc(P(c2ccccc2)c2ccccc2)cc1. The second-order valence-electron chi connectivity index (χ2n) is 22.3. The molecule has 0 aliphatic rings. The Balaban J connectivity index is 0.00000127. The van der Waals surface area contributed by atoms with Gasteiger partial charge >= 0.3 is 170 Å². The molecule has 6 heterocycles. The van der Waals surface area contributed by atoms with Gasteiger partial charge in [-0.3, -0.25) is 30.2 Å². The first-order valence-electron chi connectivity index (χ1n) is 34.2. The summed E-state index contributed by atoms with van der Waals surface area (Å²) in [4.78, 5) is 46.0. The summed E-state index contributed by atoms with van der Waals surface area (Å²) >= 11 is 5.30. The van der Waals surface area contributed by atoms with Gasteiger partial charge in [-0.25, -0.2) is 15.0 Å².